The number of rotatable bonds is 14. The van der Waals surface area contributed by atoms with E-state index in [1.807, 2.05) is 85.8 Å². The quantitative estimate of drug-likeness (QED) is 0.112. The van der Waals surface area contributed by atoms with Gasteiger partial charge >= 0.3 is 5.97 Å². The van der Waals surface area contributed by atoms with Gasteiger partial charge in [0, 0.05) is 30.1 Å². The van der Waals surface area contributed by atoms with Crippen LogP contribution >= 0.6 is 23.7 Å². The summed E-state index contributed by atoms with van der Waals surface area (Å²) in [7, 11) is 0. The minimum absolute atomic E-state index is 0.154. The van der Waals surface area contributed by atoms with E-state index in [2.05, 4.69) is 20.7 Å². The lowest BCUT2D eigenvalue weighted by Gasteiger charge is -2.50. The second-order valence-electron chi connectivity index (χ2n) is 11.3. The Labute approximate surface area is 292 Å². The molecule has 3 unspecified atom stereocenters. The molecule has 0 aliphatic carbocycles. The van der Waals surface area contributed by atoms with Crippen molar-refractivity contribution in [3.63, 3.8) is 0 Å². The van der Waals surface area contributed by atoms with Crippen LogP contribution < -0.4 is 5.32 Å². The number of carbonyl (C=O) groups excluding carboxylic acids is 3. The largest absolute Gasteiger partial charge is 0.448 e. The molecule has 1 N–H and O–H groups in total. The number of nitrogens with one attached hydrogen (secondary N) is 1. The molecular weight excluding hydrogens is 665 g/mol. The third kappa shape index (κ3) is 7.88. The van der Waals surface area contributed by atoms with Crippen LogP contribution in [-0.2, 0) is 28.6 Å². The van der Waals surface area contributed by atoms with E-state index in [4.69, 9.17) is 14.2 Å². The lowest BCUT2D eigenvalue weighted by atomic mass is 10.0. The molecule has 0 saturated carbocycles. The average molecular weight is 701 g/mol. The Kier molecular flexibility index (Phi) is 11.1. The molecule has 14 heteroatoms. The average Bonchev–Trinajstić information content (AvgIpc) is 3.56. The first-order valence-electron chi connectivity index (χ1n) is 15.8. The molecular formula is C35H36N6O6S2. The molecule has 254 valence electrons. The number of fused-ring (bicyclic) bond motifs is 1. The number of carbonyl (C=O) groups is 3. The third-order valence-electron chi connectivity index (χ3n) is 7.89. The van der Waals surface area contributed by atoms with E-state index in [1.54, 1.807) is 26.0 Å². The maximum atomic E-state index is 14.3. The maximum Gasteiger partial charge on any atom is 0.356 e. The minimum Gasteiger partial charge on any atom is -0.448 e. The molecule has 6 rings (SSSR count). The van der Waals surface area contributed by atoms with Gasteiger partial charge in [0.15, 0.2) is 24.3 Å². The van der Waals surface area contributed by atoms with Crippen LogP contribution in [0.5, 0.6) is 0 Å². The lowest BCUT2D eigenvalue weighted by Crippen LogP contribution is -2.71. The summed E-state index contributed by atoms with van der Waals surface area (Å²) in [6.07, 6.45) is -2.39. The SMILES string of the molecule is CCOC(C)OC(C(=O)NC1C(=O)N2C(C(=O)OC(c3ccccc3)c3ccccc3)=C(CSn3nnc(C)n3)CS[C@H]12)c1ccccc1. The number of benzene rings is 3. The van der Waals surface area contributed by atoms with Crippen molar-refractivity contribution in [3.8, 4) is 0 Å². The van der Waals surface area contributed by atoms with Crippen LogP contribution in [0.25, 0.3) is 0 Å². The van der Waals surface area contributed by atoms with Gasteiger partial charge in [0.25, 0.3) is 11.8 Å². The van der Waals surface area contributed by atoms with Crippen LogP contribution in [0.1, 0.15) is 48.6 Å². The van der Waals surface area contributed by atoms with E-state index in [-0.39, 0.29) is 5.70 Å². The van der Waals surface area contributed by atoms with Crippen molar-refractivity contribution in [3.05, 3.63) is 125 Å². The standard InChI is InChI=1S/C35H36N6O6S2/c1-4-45-23(3)46-31(26-18-12-7-13-19-26)32(42)36-28-33(43)40-29(27(20-48-34(28)40)21-49-41-38-22(2)37-39-41)35(44)47-30(24-14-8-5-9-15-24)25-16-10-6-11-17-25/h5-19,23,28,30-31,34H,4,20-21H2,1-3H3,(H,36,42)/t23?,28?,31?,34-/m1/s1. The molecule has 0 bridgehead atoms. The molecule has 0 spiro atoms. The molecule has 3 heterocycles. The number of nitrogens with zero attached hydrogens (tertiary/aromatic N) is 5. The number of hydrogen-bond donors (Lipinski definition) is 1. The molecule has 3 aromatic carbocycles. The molecule has 4 atom stereocenters. The first-order valence-corrected chi connectivity index (χ1v) is 17.8. The predicted octanol–water partition coefficient (Wildman–Crippen LogP) is 4.61. The molecule has 2 aliphatic heterocycles. The number of esters is 1. The molecule has 0 radical (unpaired) electrons. The smallest absolute Gasteiger partial charge is 0.356 e. The van der Waals surface area contributed by atoms with Gasteiger partial charge in [-0.05, 0) is 48.2 Å². The first kappa shape index (κ1) is 34.4. The number of aryl methyl sites for hydroxylation is 1. The number of thioether (sulfide) groups is 1. The van der Waals surface area contributed by atoms with Crippen LogP contribution in [0.2, 0.25) is 0 Å². The Hall–Kier alpha value is -4.50. The zero-order chi connectivity index (χ0) is 34.3. The van der Waals surface area contributed by atoms with Crippen molar-refractivity contribution in [2.45, 2.75) is 50.7 Å². The van der Waals surface area contributed by atoms with E-state index < -0.39 is 47.7 Å². The second-order valence-corrected chi connectivity index (χ2v) is 13.2. The number of amides is 2. The van der Waals surface area contributed by atoms with Gasteiger partial charge in [-0.25, -0.2) is 4.79 Å². The second kappa shape index (κ2) is 15.8. The van der Waals surface area contributed by atoms with Crippen molar-refractivity contribution in [1.29, 1.82) is 0 Å². The molecule has 1 fully saturated rings. The summed E-state index contributed by atoms with van der Waals surface area (Å²) < 4.78 is 19.2. The minimum atomic E-state index is -1.01. The van der Waals surface area contributed by atoms with Crippen molar-refractivity contribution >= 4 is 41.5 Å². The number of hydrogen-bond acceptors (Lipinski definition) is 11. The number of ether oxygens (including phenoxy) is 3. The lowest BCUT2D eigenvalue weighted by molar-refractivity contribution is -0.175. The highest BCUT2D eigenvalue weighted by Crippen LogP contribution is 2.42. The monoisotopic (exact) mass is 700 g/mol. The van der Waals surface area contributed by atoms with Gasteiger partial charge in [0.05, 0.1) is 0 Å². The first-order chi connectivity index (χ1) is 23.8. The van der Waals surface area contributed by atoms with Crippen LogP contribution in [0.3, 0.4) is 0 Å². The highest BCUT2D eigenvalue weighted by Gasteiger charge is 2.55. The van der Waals surface area contributed by atoms with Crippen LogP contribution in [-0.4, -0.2) is 78.1 Å². The van der Waals surface area contributed by atoms with E-state index in [0.29, 0.717) is 35.1 Å². The molecule has 1 saturated heterocycles. The van der Waals surface area contributed by atoms with Crippen molar-refractivity contribution in [2.75, 3.05) is 18.1 Å². The molecule has 2 amide bonds. The fraction of sp³-hybridized carbons (Fsp3) is 0.314. The van der Waals surface area contributed by atoms with Crippen LogP contribution in [0.4, 0.5) is 0 Å². The summed E-state index contributed by atoms with van der Waals surface area (Å²) >= 11 is 2.71. The summed E-state index contributed by atoms with van der Waals surface area (Å²) in [4.78, 5) is 43.3. The van der Waals surface area contributed by atoms with E-state index in [1.165, 1.54) is 32.8 Å². The maximum absolute atomic E-state index is 14.3. The Bertz CT molecular complexity index is 1750. The number of tetrazole rings is 1. The van der Waals surface area contributed by atoms with Crippen LogP contribution in [0.15, 0.2) is 102 Å². The predicted molar refractivity (Wildman–Crippen MR) is 185 cm³/mol. The molecule has 1 aromatic heterocycles. The van der Waals surface area contributed by atoms with Gasteiger partial charge < -0.3 is 19.5 Å². The summed E-state index contributed by atoms with van der Waals surface area (Å²) in [5.74, 6) is -0.315. The topological polar surface area (TPSA) is 138 Å². The molecule has 4 aromatic rings. The summed E-state index contributed by atoms with van der Waals surface area (Å²) in [5, 5.41) is 14.5. The van der Waals surface area contributed by atoms with Crippen LogP contribution in [0, 0.1) is 6.92 Å². The van der Waals surface area contributed by atoms with Gasteiger partial charge in [-0.3, -0.25) is 14.5 Å². The van der Waals surface area contributed by atoms with Crippen molar-refractivity contribution < 1.29 is 28.6 Å². The molecule has 12 nitrogen and oxygen atoms in total. The number of β-lactam (4-membered cyclic amide) rings is 1. The van der Waals surface area contributed by atoms with Gasteiger partial charge in [-0.15, -0.1) is 26.2 Å². The van der Waals surface area contributed by atoms with Gasteiger partial charge in [-0.2, -0.15) is 0 Å². The Morgan fingerprint density at radius 1 is 0.980 bits per heavy atom. The zero-order valence-electron chi connectivity index (χ0n) is 27.2. The Balaban J connectivity index is 1.27. The summed E-state index contributed by atoms with van der Waals surface area (Å²) in [5.41, 5.74) is 3.04. The Morgan fingerprint density at radius 3 is 2.16 bits per heavy atom. The summed E-state index contributed by atoms with van der Waals surface area (Å²) in [6.45, 7) is 5.70. The van der Waals surface area contributed by atoms with E-state index in [9.17, 15) is 14.4 Å². The van der Waals surface area contributed by atoms with Crippen molar-refractivity contribution in [2.24, 2.45) is 0 Å². The number of aromatic nitrogens is 4. The highest BCUT2D eigenvalue weighted by atomic mass is 32.2. The summed E-state index contributed by atoms with van der Waals surface area (Å²) in [6, 6.07) is 27.1. The fourth-order valence-corrected chi connectivity index (χ4v) is 7.85. The highest BCUT2D eigenvalue weighted by molar-refractivity contribution is 8.00. The van der Waals surface area contributed by atoms with E-state index in [0.717, 1.165) is 11.1 Å². The van der Waals surface area contributed by atoms with Gasteiger partial charge in [0.2, 0.25) is 0 Å². The Morgan fingerprint density at radius 2 is 1.59 bits per heavy atom. The molecule has 2 aliphatic rings. The molecule has 49 heavy (non-hydrogen) atoms. The fourth-order valence-electron chi connectivity index (χ4n) is 5.60. The van der Waals surface area contributed by atoms with Gasteiger partial charge in [0.1, 0.15) is 17.1 Å². The van der Waals surface area contributed by atoms with Gasteiger partial charge in [-0.1, -0.05) is 91.0 Å². The van der Waals surface area contributed by atoms with E-state index >= 15 is 0 Å². The van der Waals surface area contributed by atoms with Crippen molar-refractivity contribution in [1.82, 2.24) is 29.8 Å². The third-order valence-corrected chi connectivity index (χ3v) is 10.1. The normalized spacial score (nSPS) is 18.4. The zero-order valence-corrected chi connectivity index (χ0v) is 28.8.